The number of rotatable bonds is 4. The molecule has 82 valence electrons. The molecule has 0 fully saturated rings. The summed E-state index contributed by atoms with van der Waals surface area (Å²) in [6.45, 7) is 2.11. The van der Waals surface area contributed by atoms with Gasteiger partial charge in [0.2, 0.25) is 0 Å². The third-order valence-electron chi connectivity index (χ3n) is 2.24. The third-order valence-corrected chi connectivity index (χ3v) is 3.35. The van der Waals surface area contributed by atoms with Crippen LogP contribution in [0.5, 0.6) is 0 Å². The molecule has 0 saturated carbocycles. The average Bonchev–Trinajstić information content (AvgIpc) is 2.89. The van der Waals surface area contributed by atoms with Gasteiger partial charge in [0.1, 0.15) is 0 Å². The van der Waals surface area contributed by atoms with Crippen LogP contribution in [-0.2, 0) is 12.8 Å². The monoisotopic (exact) mass is 232 g/mol. The van der Waals surface area contributed by atoms with E-state index in [1.54, 1.807) is 17.6 Å². The summed E-state index contributed by atoms with van der Waals surface area (Å²) in [7, 11) is 0. The molecule has 2 aromatic heterocycles. The number of nitriles is 1. The summed E-state index contributed by atoms with van der Waals surface area (Å²) in [4.78, 5) is 5.60. The quantitative estimate of drug-likeness (QED) is 0.811. The molecule has 2 heterocycles. The Labute approximate surface area is 98.4 Å². The van der Waals surface area contributed by atoms with Gasteiger partial charge in [-0.05, 0) is 18.6 Å². The Hall–Kier alpha value is -1.60. The smallest absolute Gasteiger partial charge is 0.162 e. The first-order valence-electron chi connectivity index (χ1n) is 5.24. The first-order chi connectivity index (χ1) is 7.85. The molecule has 16 heavy (non-hydrogen) atoms. The minimum Gasteiger partial charge on any atom is -0.462 e. The number of nitrogens with zero attached hydrogens (tertiary/aromatic N) is 2. The maximum absolute atomic E-state index is 8.76. The molecule has 0 N–H and O–H groups in total. The third kappa shape index (κ3) is 2.15. The van der Waals surface area contributed by atoms with E-state index in [1.165, 1.54) is 0 Å². The fourth-order valence-electron chi connectivity index (χ4n) is 1.53. The van der Waals surface area contributed by atoms with Gasteiger partial charge in [-0.1, -0.05) is 13.3 Å². The van der Waals surface area contributed by atoms with Crippen LogP contribution in [-0.4, -0.2) is 4.98 Å². The molecule has 0 aromatic carbocycles. The van der Waals surface area contributed by atoms with Gasteiger partial charge >= 0.3 is 0 Å². The molecule has 0 aliphatic carbocycles. The second kappa shape index (κ2) is 4.95. The predicted molar refractivity (Wildman–Crippen MR) is 63.1 cm³/mol. The van der Waals surface area contributed by atoms with E-state index in [0.29, 0.717) is 6.42 Å². The summed E-state index contributed by atoms with van der Waals surface area (Å²) in [5.74, 6) is 0.784. The maximum atomic E-state index is 8.76. The first-order valence-corrected chi connectivity index (χ1v) is 6.06. The minimum atomic E-state index is 0.438. The highest BCUT2D eigenvalue weighted by Crippen LogP contribution is 2.29. The zero-order chi connectivity index (χ0) is 11.4. The molecule has 0 bridgehead atoms. The van der Waals surface area contributed by atoms with Gasteiger partial charge in [0, 0.05) is 4.88 Å². The van der Waals surface area contributed by atoms with Gasteiger partial charge in [-0.25, -0.2) is 4.98 Å². The SMILES string of the molecule is CCCc1nc(-c2ccco2)sc1CC#N. The fraction of sp³-hybridized carbons (Fsp3) is 0.333. The Morgan fingerprint density at radius 2 is 2.44 bits per heavy atom. The summed E-state index contributed by atoms with van der Waals surface area (Å²) in [5, 5.41) is 9.63. The van der Waals surface area contributed by atoms with Crippen LogP contribution in [0.3, 0.4) is 0 Å². The van der Waals surface area contributed by atoms with Crippen molar-refractivity contribution in [2.45, 2.75) is 26.2 Å². The van der Waals surface area contributed by atoms with Crippen molar-refractivity contribution in [2.24, 2.45) is 0 Å². The zero-order valence-corrected chi connectivity index (χ0v) is 9.88. The topological polar surface area (TPSA) is 49.8 Å². The van der Waals surface area contributed by atoms with Crippen molar-refractivity contribution >= 4 is 11.3 Å². The van der Waals surface area contributed by atoms with E-state index >= 15 is 0 Å². The van der Waals surface area contributed by atoms with Crippen LogP contribution in [0.4, 0.5) is 0 Å². The molecule has 2 rings (SSSR count). The lowest BCUT2D eigenvalue weighted by atomic mass is 10.2. The van der Waals surface area contributed by atoms with Crippen molar-refractivity contribution < 1.29 is 4.42 Å². The lowest BCUT2D eigenvalue weighted by molar-refractivity contribution is 0.581. The Morgan fingerprint density at radius 1 is 1.56 bits per heavy atom. The van der Waals surface area contributed by atoms with E-state index in [1.807, 2.05) is 12.1 Å². The summed E-state index contributed by atoms with van der Waals surface area (Å²) in [5.41, 5.74) is 1.04. The molecule has 0 unspecified atom stereocenters. The zero-order valence-electron chi connectivity index (χ0n) is 9.06. The minimum absolute atomic E-state index is 0.438. The number of furan rings is 1. The fourth-order valence-corrected chi connectivity index (χ4v) is 2.54. The van der Waals surface area contributed by atoms with Crippen LogP contribution in [0.1, 0.15) is 23.9 Å². The molecule has 0 saturated heterocycles. The summed E-state index contributed by atoms with van der Waals surface area (Å²) in [6.07, 6.45) is 4.04. The van der Waals surface area contributed by atoms with Gasteiger partial charge in [0.05, 0.1) is 24.4 Å². The van der Waals surface area contributed by atoms with Crippen molar-refractivity contribution in [1.82, 2.24) is 4.98 Å². The highest BCUT2D eigenvalue weighted by molar-refractivity contribution is 7.15. The van der Waals surface area contributed by atoms with E-state index in [-0.39, 0.29) is 0 Å². The van der Waals surface area contributed by atoms with Gasteiger partial charge in [-0.2, -0.15) is 5.26 Å². The van der Waals surface area contributed by atoms with E-state index in [4.69, 9.17) is 9.68 Å². The maximum Gasteiger partial charge on any atom is 0.162 e. The number of aromatic nitrogens is 1. The number of aryl methyl sites for hydroxylation is 1. The van der Waals surface area contributed by atoms with E-state index in [2.05, 4.69) is 18.0 Å². The van der Waals surface area contributed by atoms with Crippen LogP contribution in [0.2, 0.25) is 0 Å². The van der Waals surface area contributed by atoms with Crippen LogP contribution in [0, 0.1) is 11.3 Å². The van der Waals surface area contributed by atoms with Crippen molar-refractivity contribution in [3.8, 4) is 16.8 Å². The highest BCUT2D eigenvalue weighted by Gasteiger charge is 2.13. The van der Waals surface area contributed by atoms with Crippen molar-refractivity contribution in [1.29, 1.82) is 5.26 Å². The molecule has 2 aromatic rings. The number of thiazole rings is 1. The molecular formula is C12H12N2OS. The number of hydrogen-bond donors (Lipinski definition) is 0. The predicted octanol–water partition coefficient (Wildman–Crippen LogP) is 3.42. The van der Waals surface area contributed by atoms with Crippen LogP contribution in [0.15, 0.2) is 22.8 Å². The van der Waals surface area contributed by atoms with E-state index < -0.39 is 0 Å². The highest BCUT2D eigenvalue weighted by atomic mass is 32.1. The van der Waals surface area contributed by atoms with Crippen molar-refractivity contribution in [3.63, 3.8) is 0 Å². The second-order valence-corrected chi connectivity index (χ2v) is 4.53. The normalized spacial score (nSPS) is 10.2. The Balaban J connectivity index is 2.35. The molecule has 0 aliphatic heterocycles. The largest absolute Gasteiger partial charge is 0.462 e. The lowest BCUT2D eigenvalue weighted by Gasteiger charge is -1.93. The van der Waals surface area contributed by atoms with Gasteiger partial charge < -0.3 is 4.42 Å². The average molecular weight is 232 g/mol. The van der Waals surface area contributed by atoms with Crippen molar-refractivity contribution in [3.05, 3.63) is 29.0 Å². The summed E-state index contributed by atoms with van der Waals surface area (Å²) < 4.78 is 5.31. The van der Waals surface area contributed by atoms with E-state index in [0.717, 1.165) is 34.2 Å². The standard InChI is InChI=1S/C12H12N2OS/c1-2-4-9-11(6-7-13)16-12(14-9)10-5-3-8-15-10/h3,5,8H,2,4,6H2,1H3. The van der Waals surface area contributed by atoms with Gasteiger partial charge in [-0.15, -0.1) is 11.3 Å². The van der Waals surface area contributed by atoms with Crippen LogP contribution >= 0.6 is 11.3 Å². The molecule has 0 spiro atoms. The van der Waals surface area contributed by atoms with Gasteiger partial charge in [-0.3, -0.25) is 0 Å². The van der Waals surface area contributed by atoms with Crippen LogP contribution in [0.25, 0.3) is 10.8 Å². The summed E-state index contributed by atoms with van der Waals surface area (Å²) in [6, 6.07) is 5.92. The van der Waals surface area contributed by atoms with Crippen molar-refractivity contribution in [2.75, 3.05) is 0 Å². The molecule has 4 heteroatoms. The first kappa shape index (κ1) is 10.9. The summed E-state index contributed by atoms with van der Waals surface area (Å²) >= 11 is 1.55. The Bertz CT molecular complexity index is 494. The van der Waals surface area contributed by atoms with E-state index in [9.17, 15) is 0 Å². The second-order valence-electron chi connectivity index (χ2n) is 3.45. The Kier molecular flexibility index (Phi) is 3.37. The van der Waals surface area contributed by atoms with Crippen LogP contribution < -0.4 is 0 Å². The van der Waals surface area contributed by atoms with Gasteiger partial charge in [0.25, 0.3) is 0 Å². The lowest BCUT2D eigenvalue weighted by Crippen LogP contribution is -1.89. The molecule has 0 amide bonds. The molecule has 3 nitrogen and oxygen atoms in total. The molecule has 0 radical (unpaired) electrons. The molecular weight excluding hydrogens is 220 g/mol. The molecule has 0 atom stereocenters. The number of hydrogen-bond acceptors (Lipinski definition) is 4. The Morgan fingerprint density at radius 3 is 3.06 bits per heavy atom. The van der Waals surface area contributed by atoms with Gasteiger partial charge in [0.15, 0.2) is 10.8 Å². The molecule has 0 aliphatic rings.